The molecule has 2 heterocycles. The SMILES string of the molecule is O=C(O)CN1C[C@@H]2OCCC(=O)N(Cc3ccccc3)[C@H]2C1. The summed E-state index contributed by atoms with van der Waals surface area (Å²) in [5.41, 5.74) is 1.08. The van der Waals surface area contributed by atoms with E-state index in [9.17, 15) is 9.59 Å². The standard InChI is InChI=1S/C16H20N2O4/c19-15-6-7-22-14-10-17(11-16(20)21)9-13(14)18(15)8-12-4-2-1-3-5-12/h1-5,13-14H,6-11H2,(H,20,21)/t13-,14-/m0/s1. The van der Waals surface area contributed by atoms with Crippen molar-refractivity contribution in [2.24, 2.45) is 0 Å². The van der Waals surface area contributed by atoms with Gasteiger partial charge in [-0.1, -0.05) is 30.3 Å². The van der Waals surface area contributed by atoms with E-state index < -0.39 is 5.97 Å². The van der Waals surface area contributed by atoms with E-state index in [1.807, 2.05) is 40.1 Å². The quantitative estimate of drug-likeness (QED) is 0.881. The van der Waals surface area contributed by atoms with Crippen molar-refractivity contribution in [3.63, 3.8) is 0 Å². The minimum absolute atomic E-state index is 0.0102. The Balaban J connectivity index is 1.76. The van der Waals surface area contributed by atoms with Gasteiger partial charge in [-0.2, -0.15) is 0 Å². The third-order valence-electron chi connectivity index (χ3n) is 4.24. The lowest BCUT2D eigenvalue weighted by Crippen LogP contribution is -2.45. The molecule has 0 aromatic heterocycles. The molecule has 0 bridgehead atoms. The molecule has 0 saturated carbocycles. The molecule has 1 N–H and O–H groups in total. The maximum absolute atomic E-state index is 12.4. The number of carboxylic acid groups (broad SMARTS) is 1. The van der Waals surface area contributed by atoms with Gasteiger partial charge in [-0.3, -0.25) is 14.5 Å². The van der Waals surface area contributed by atoms with Crippen molar-refractivity contribution >= 4 is 11.9 Å². The summed E-state index contributed by atoms with van der Waals surface area (Å²) < 4.78 is 5.78. The second kappa shape index (κ2) is 6.46. The monoisotopic (exact) mass is 304 g/mol. The zero-order valence-electron chi connectivity index (χ0n) is 12.4. The summed E-state index contributed by atoms with van der Waals surface area (Å²) >= 11 is 0. The normalized spacial score (nSPS) is 25.8. The Bertz CT molecular complexity index is 548. The first-order valence-corrected chi connectivity index (χ1v) is 7.52. The van der Waals surface area contributed by atoms with Gasteiger partial charge in [-0.05, 0) is 5.56 Å². The van der Waals surface area contributed by atoms with E-state index in [2.05, 4.69) is 0 Å². The van der Waals surface area contributed by atoms with E-state index >= 15 is 0 Å². The molecular weight excluding hydrogens is 284 g/mol. The predicted molar refractivity (Wildman–Crippen MR) is 79.2 cm³/mol. The molecule has 0 aliphatic carbocycles. The highest BCUT2D eigenvalue weighted by atomic mass is 16.5. The second-order valence-electron chi connectivity index (χ2n) is 5.82. The number of aliphatic carboxylic acids is 1. The van der Waals surface area contributed by atoms with Gasteiger partial charge in [0.15, 0.2) is 0 Å². The van der Waals surface area contributed by atoms with Crippen LogP contribution in [-0.4, -0.2) is 65.2 Å². The van der Waals surface area contributed by atoms with Gasteiger partial charge in [0.25, 0.3) is 0 Å². The van der Waals surface area contributed by atoms with Crippen molar-refractivity contribution in [1.82, 2.24) is 9.80 Å². The van der Waals surface area contributed by atoms with E-state index in [-0.39, 0.29) is 24.6 Å². The summed E-state index contributed by atoms with van der Waals surface area (Å²) in [4.78, 5) is 27.0. The number of rotatable bonds is 4. The van der Waals surface area contributed by atoms with Crippen LogP contribution in [0, 0.1) is 0 Å². The van der Waals surface area contributed by atoms with Crippen LogP contribution in [0.3, 0.4) is 0 Å². The van der Waals surface area contributed by atoms with Crippen molar-refractivity contribution in [1.29, 1.82) is 0 Å². The van der Waals surface area contributed by atoms with Gasteiger partial charge in [0.05, 0.1) is 31.7 Å². The number of carbonyl (C=O) groups is 2. The highest BCUT2D eigenvalue weighted by Gasteiger charge is 2.41. The van der Waals surface area contributed by atoms with Crippen LogP contribution in [-0.2, 0) is 20.9 Å². The van der Waals surface area contributed by atoms with Gasteiger partial charge < -0.3 is 14.7 Å². The molecule has 1 aromatic rings. The van der Waals surface area contributed by atoms with Crippen LogP contribution in [0.4, 0.5) is 0 Å². The maximum atomic E-state index is 12.4. The van der Waals surface area contributed by atoms with Gasteiger partial charge in [0, 0.05) is 19.6 Å². The van der Waals surface area contributed by atoms with Crippen molar-refractivity contribution in [3.8, 4) is 0 Å². The minimum Gasteiger partial charge on any atom is -0.480 e. The second-order valence-corrected chi connectivity index (χ2v) is 5.82. The number of hydrogen-bond donors (Lipinski definition) is 1. The molecule has 22 heavy (non-hydrogen) atoms. The molecule has 0 spiro atoms. The van der Waals surface area contributed by atoms with Crippen molar-refractivity contribution in [2.75, 3.05) is 26.2 Å². The van der Waals surface area contributed by atoms with Crippen LogP contribution in [0.2, 0.25) is 0 Å². The number of carboxylic acids is 1. The Morgan fingerprint density at radius 1 is 1.27 bits per heavy atom. The third-order valence-corrected chi connectivity index (χ3v) is 4.24. The van der Waals surface area contributed by atoms with Gasteiger partial charge >= 0.3 is 5.97 Å². The Kier molecular flexibility index (Phi) is 4.40. The van der Waals surface area contributed by atoms with Gasteiger partial charge in [0.2, 0.25) is 5.91 Å². The summed E-state index contributed by atoms with van der Waals surface area (Å²) in [7, 11) is 0. The van der Waals surface area contributed by atoms with Crippen LogP contribution in [0.15, 0.2) is 30.3 Å². The fourth-order valence-electron chi connectivity index (χ4n) is 3.23. The Morgan fingerprint density at radius 3 is 2.77 bits per heavy atom. The first kappa shape index (κ1) is 15.0. The lowest BCUT2D eigenvalue weighted by atomic mass is 10.1. The summed E-state index contributed by atoms with van der Waals surface area (Å²) in [6.45, 7) is 2.06. The molecule has 3 rings (SSSR count). The number of benzene rings is 1. The first-order valence-electron chi connectivity index (χ1n) is 7.52. The highest BCUT2D eigenvalue weighted by Crippen LogP contribution is 2.24. The average Bonchev–Trinajstić information content (AvgIpc) is 2.81. The number of ether oxygens (including phenoxy) is 1. The number of fused-ring (bicyclic) bond motifs is 1. The Hall–Kier alpha value is -1.92. The molecule has 2 aliphatic heterocycles. The van der Waals surface area contributed by atoms with Crippen LogP contribution in [0.1, 0.15) is 12.0 Å². The molecule has 6 heteroatoms. The number of nitrogens with zero attached hydrogens (tertiary/aromatic N) is 2. The highest BCUT2D eigenvalue weighted by molar-refractivity contribution is 5.77. The largest absolute Gasteiger partial charge is 0.480 e. The van der Waals surface area contributed by atoms with Crippen molar-refractivity contribution < 1.29 is 19.4 Å². The van der Waals surface area contributed by atoms with E-state index in [1.165, 1.54) is 0 Å². The molecule has 1 amide bonds. The number of hydrogen-bond acceptors (Lipinski definition) is 4. The molecule has 0 unspecified atom stereocenters. The van der Waals surface area contributed by atoms with Crippen LogP contribution in [0.25, 0.3) is 0 Å². The number of likely N-dealkylation sites (tertiary alicyclic amines) is 1. The molecular formula is C16H20N2O4. The van der Waals surface area contributed by atoms with Crippen LogP contribution >= 0.6 is 0 Å². The molecule has 2 fully saturated rings. The zero-order valence-corrected chi connectivity index (χ0v) is 12.4. The van der Waals surface area contributed by atoms with Gasteiger partial charge in [0.1, 0.15) is 0 Å². The molecule has 6 nitrogen and oxygen atoms in total. The topological polar surface area (TPSA) is 70.1 Å². The summed E-state index contributed by atoms with van der Waals surface area (Å²) in [5, 5.41) is 8.95. The maximum Gasteiger partial charge on any atom is 0.317 e. The smallest absolute Gasteiger partial charge is 0.317 e. The van der Waals surface area contributed by atoms with Crippen molar-refractivity contribution in [2.45, 2.75) is 25.1 Å². The first-order chi connectivity index (χ1) is 10.6. The molecule has 2 saturated heterocycles. The molecule has 1 aromatic carbocycles. The van der Waals surface area contributed by atoms with E-state index in [4.69, 9.17) is 9.84 Å². The van der Waals surface area contributed by atoms with Gasteiger partial charge in [-0.25, -0.2) is 0 Å². The Labute approximate surface area is 129 Å². The number of carbonyl (C=O) groups excluding carboxylic acids is 1. The molecule has 2 aliphatic rings. The van der Waals surface area contributed by atoms with E-state index in [0.29, 0.717) is 32.7 Å². The summed E-state index contributed by atoms with van der Waals surface area (Å²) in [6, 6.07) is 9.78. The number of amides is 1. The van der Waals surface area contributed by atoms with Crippen LogP contribution in [0.5, 0.6) is 0 Å². The summed E-state index contributed by atoms with van der Waals surface area (Å²) in [5.74, 6) is -0.772. The van der Waals surface area contributed by atoms with E-state index in [1.54, 1.807) is 0 Å². The molecule has 2 atom stereocenters. The summed E-state index contributed by atoms with van der Waals surface area (Å²) in [6.07, 6.45) is 0.285. The molecule has 0 radical (unpaired) electrons. The van der Waals surface area contributed by atoms with Gasteiger partial charge in [-0.15, -0.1) is 0 Å². The Morgan fingerprint density at radius 2 is 2.05 bits per heavy atom. The third kappa shape index (κ3) is 3.28. The minimum atomic E-state index is -0.850. The average molecular weight is 304 g/mol. The van der Waals surface area contributed by atoms with Crippen LogP contribution < -0.4 is 0 Å². The lowest BCUT2D eigenvalue weighted by molar-refractivity contribution is -0.138. The lowest BCUT2D eigenvalue weighted by Gasteiger charge is -2.29. The van der Waals surface area contributed by atoms with E-state index in [0.717, 1.165) is 5.56 Å². The molecule has 118 valence electrons. The zero-order chi connectivity index (χ0) is 15.5. The fraction of sp³-hybridized carbons (Fsp3) is 0.500. The fourth-order valence-corrected chi connectivity index (χ4v) is 3.23. The van der Waals surface area contributed by atoms with Crippen molar-refractivity contribution in [3.05, 3.63) is 35.9 Å². The predicted octanol–water partition coefficient (Wildman–Crippen LogP) is 0.573.